The van der Waals surface area contributed by atoms with Crippen molar-refractivity contribution in [2.45, 2.75) is 33.4 Å². The second kappa shape index (κ2) is 7.40. The van der Waals surface area contributed by atoms with Gasteiger partial charge >= 0.3 is 5.97 Å². The maximum Gasteiger partial charge on any atom is 0.325 e. The van der Waals surface area contributed by atoms with Gasteiger partial charge in [-0.25, -0.2) is 0 Å². The molecule has 0 aliphatic heterocycles. The van der Waals surface area contributed by atoms with Crippen LogP contribution in [0.3, 0.4) is 0 Å². The highest BCUT2D eigenvalue weighted by molar-refractivity contribution is 9.10. The van der Waals surface area contributed by atoms with Gasteiger partial charge in [0.15, 0.2) is 0 Å². The number of hydrogen-bond acceptors (Lipinski definition) is 4. The Morgan fingerprint density at radius 1 is 1.39 bits per heavy atom. The minimum Gasteiger partial charge on any atom is -0.480 e. The van der Waals surface area contributed by atoms with Gasteiger partial charge in [0.05, 0.1) is 21.9 Å². The lowest BCUT2D eigenvalue weighted by Gasteiger charge is -2.06. The number of amides is 1. The zero-order valence-electron chi connectivity index (χ0n) is 12.9. The Hall–Kier alpha value is -2.16. The number of carboxylic acid groups (broad SMARTS) is 1. The lowest BCUT2D eigenvalue weighted by molar-refractivity contribution is -0.137. The summed E-state index contributed by atoms with van der Waals surface area (Å²) in [5, 5.41) is 19.7. The van der Waals surface area contributed by atoms with Crippen LogP contribution in [0.5, 0.6) is 0 Å². The number of halogens is 1. The first-order chi connectivity index (χ1) is 10.9. The largest absolute Gasteiger partial charge is 0.480 e. The topological polar surface area (TPSA) is 102 Å². The summed E-state index contributed by atoms with van der Waals surface area (Å²) in [7, 11) is 0. The highest BCUT2D eigenvalue weighted by atomic mass is 79.9. The summed E-state index contributed by atoms with van der Waals surface area (Å²) in [5.41, 5.74) is 2.35. The lowest BCUT2D eigenvalue weighted by atomic mass is 10.3. The van der Waals surface area contributed by atoms with Crippen molar-refractivity contribution in [3.8, 4) is 0 Å². The van der Waals surface area contributed by atoms with Crippen LogP contribution in [0.4, 0.5) is 0 Å². The molecule has 0 aliphatic rings. The predicted octanol–water partition coefficient (Wildman–Crippen LogP) is 1.36. The number of carboxylic acids is 1. The quantitative estimate of drug-likeness (QED) is 0.702. The first kappa shape index (κ1) is 17.2. The number of nitrogens with one attached hydrogen (secondary N) is 1. The van der Waals surface area contributed by atoms with Gasteiger partial charge in [-0.15, -0.1) is 0 Å². The van der Waals surface area contributed by atoms with Crippen molar-refractivity contribution >= 4 is 27.8 Å². The minimum absolute atomic E-state index is 0.264. The van der Waals surface area contributed by atoms with Crippen LogP contribution < -0.4 is 5.32 Å². The van der Waals surface area contributed by atoms with E-state index in [1.807, 2.05) is 18.5 Å². The molecule has 0 fully saturated rings. The summed E-state index contributed by atoms with van der Waals surface area (Å²) >= 11 is 3.48. The SMILES string of the molecule is Cc1nn(CCCNC(=O)c2cnn(CC(=O)O)c2)c(C)c1Br. The Bertz CT molecular complexity index is 722. The van der Waals surface area contributed by atoms with E-state index in [4.69, 9.17) is 5.11 Å². The fourth-order valence-corrected chi connectivity index (χ4v) is 2.42. The molecule has 9 heteroatoms. The van der Waals surface area contributed by atoms with E-state index in [9.17, 15) is 9.59 Å². The van der Waals surface area contributed by atoms with E-state index >= 15 is 0 Å². The molecule has 124 valence electrons. The fraction of sp³-hybridized carbons (Fsp3) is 0.429. The van der Waals surface area contributed by atoms with Crippen LogP contribution in [0.15, 0.2) is 16.9 Å². The third kappa shape index (κ3) is 4.41. The molecular formula is C14H18BrN5O3. The molecule has 0 aromatic carbocycles. The number of rotatable bonds is 7. The van der Waals surface area contributed by atoms with E-state index in [2.05, 4.69) is 31.4 Å². The fourth-order valence-electron chi connectivity index (χ4n) is 2.13. The molecule has 2 aromatic heterocycles. The number of aromatic nitrogens is 4. The van der Waals surface area contributed by atoms with Crippen molar-refractivity contribution in [2.75, 3.05) is 6.54 Å². The van der Waals surface area contributed by atoms with Gasteiger partial charge in [-0.3, -0.25) is 19.0 Å². The molecule has 2 aromatic rings. The summed E-state index contributed by atoms with van der Waals surface area (Å²) in [5.74, 6) is -1.27. The van der Waals surface area contributed by atoms with Crippen molar-refractivity contribution in [1.82, 2.24) is 24.9 Å². The summed E-state index contributed by atoms with van der Waals surface area (Å²) < 4.78 is 4.12. The van der Waals surface area contributed by atoms with Gasteiger partial charge in [0, 0.05) is 25.0 Å². The van der Waals surface area contributed by atoms with Crippen molar-refractivity contribution in [1.29, 1.82) is 0 Å². The van der Waals surface area contributed by atoms with Gasteiger partial charge in [0.2, 0.25) is 0 Å². The predicted molar refractivity (Wildman–Crippen MR) is 86.2 cm³/mol. The first-order valence-corrected chi connectivity index (χ1v) is 7.89. The van der Waals surface area contributed by atoms with Gasteiger partial charge in [-0.1, -0.05) is 0 Å². The molecule has 0 spiro atoms. The van der Waals surface area contributed by atoms with Crippen LogP contribution in [-0.4, -0.2) is 43.1 Å². The minimum atomic E-state index is -1.00. The van der Waals surface area contributed by atoms with Crippen LogP contribution in [0, 0.1) is 13.8 Å². The monoisotopic (exact) mass is 383 g/mol. The summed E-state index contributed by atoms with van der Waals surface area (Å²) in [4.78, 5) is 22.5. The molecule has 0 bridgehead atoms. The molecule has 0 unspecified atom stereocenters. The number of hydrogen-bond donors (Lipinski definition) is 2. The zero-order chi connectivity index (χ0) is 17.0. The number of carbonyl (C=O) groups excluding carboxylic acids is 1. The molecule has 0 aliphatic carbocycles. The highest BCUT2D eigenvalue weighted by Gasteiger charge is 2.11. The molecule has 0 radical (unpaired) electrons. The van der Waals surface area contributed by atoms with Crippen LogP contribution in [0.1, 0.15) is 28.2 Å². The van der Waals surface area contributed by atoms with Crippen LogP contribution in [0.2, 0.25) is 0 Å². The van der Waals surface area contributed by atoms with Crippen molar-refractivity contribution < 1.29 is 14.7 Å². The maximum absolute atomic E-state index is 11.9. The Morgan fingerprint density at radius 3 is 2.74 bits per heavy atom. The molecule has 0 saturated carbocycles. The first-order valence-electron chi connectivity index (χ1n) is 7.10. The molecule has 1 amide bonds. The summed E-state index contributed by atoms with van der Waals surface area (Å²) in [6.45, 7) is 4.86. The third-order valence-corrected chi connectivity index (χ3v) is 4.47. The van der Waals surface area contributed by atoms with Crippen LogP contribution >= 0.6 is 15.9 Å². The smallest absolute Gasteiger partial charge is 0.325 e. The molecular weight excluding hydrogens is 366 g/mol. The normalized spacial score (nSPS) is 10.7. The Labute approximate surface area is 141 Å². The van der Waals surface area contributed by atoms with Gasteiger partial charge in [-0.05, 0) is 36.2 Å². The average Bonchev–Trinajstić information content (AvgIpc) is 3.04. The summed E-state index contributed by atoms with van der Waals surface area (Å²) in [6, 6.07) is 0. The lowest BCUT2D eigenvalue weighted by Crippen LogP contribution is -2.25. The van der Waals surface area contributed by atoms with E-state index in [0.717, 1.165) is 22.3 Å². The van der Waals surface area contributed by atoms with Crippen LogP contribution in [0.25, 0.3) is 0 Å². The van der Waals surface area contributed by atoms with Crippen molar-refractivity contribution in [3.05, 3.63) is 33.8 Å². The molecule has 23 heavy (non-hydrogen) atoms. The Morgan fingerprint density at radius 2 is 2.13 bits per heavy atom. The van der Waals surface area contributed by atoms with E-state index in [1.165, 1.54) is 17.1 Å². The molecule has 0 atom stereocenters. The molecule has 2 heterocycles. The third-order valence-electron chi connectivity index (χ3n) is 3.32. The molecule has 8 nitrogen and oxygen atoms in total. The zero-order valence-corrected chi connectivity index (χ0v) is 14.5. The number of carbonyl (C=O) groups is 2. The average molecular weight is 384 g/mol. The van der Waals surface area contributed by atoms with Crippen molar-refractivity contribution in [2.24, 2.45) is 0 Å². The van der Waals surface area contributed by atoms with Crippen molar-refractivity contribution in [3.63, 3.8) is 0 Å². The maximum atomic E-state index is 11.9. The number of aryl methyl sites for hydroxylation is 2. The molecule has 2 N–H and O–H groups in total. The molecule has 0 saturated heterocycles. The van der Waals surface area contributed by atoms with E-state index in [-0.39, 0.29) is 12.5 Å². The Kier molecular flexibility index (Phi) is 5.54. The van der Waals surface area contributed by atoms with Crippen LogP contribution in [-0.2, 0) is 17.9 Å². The van der Waals surface area contributed by atoms with E-state index in [1.54, 1.807) is 0 Å². The van der Waals surface area contributed by atoms with E-state index in [0.29, 0.717) is 18.7 Å². The van der Waals surface area contributed by atoms with Gasteiger partial charge in [0.25, 0.3) is 5.91 Å². The second-order valence-corrected chi connectivity index (χ2v) is 5.93. The van der Waals surface area contributed by atoms with E-state index < -0.39 is 5.97 Å². The van der Waals surface area contributed by atoms with Gasteiger partial charge in [0.1, 0.15) is 6.54 Å². The van der Waals surface area contributed by atoms with Gasteiger partial charge in [-0.2, -0.15) is 10.2 Å². The standard InChI is InChI=1S/C14H18BrN5O3/c1-9-13(15)10(2)20(18-9)5-3-4-16-14(23)11-6-17-19(7-11)8-12(21)22/h6-7H,3-5,8H2,1-2H3,(H,16,23)(H,21,22). The second-order valence-electron chi connectivity index (χ2n) is 5.14. The number of aliphatic carboxylic acids is 1. The Balaban J connectivity index is 1.79. The molecule has 2 rings (SSSR count). The number of nitrogens with zero attached hydrogens (tertiary/aromatic N) is 4. The summed E-state index contributed by atoms with van der Waals surface area (Å²) in [6.07, 6.45) is 3.52. The van der Waals surface area contributed by atoms with Gasteiger partial charge < -0.3 is 10.4 Å². The highest BCUT2D eigenvalue weighted by Crippen LogP contribution is 2.19.